The highest BCUT2D eigenvalue weighted by Gasteiger charge is 2.15. The van der Waals surface area contributed by atoms with Gasteiger partial charge in [-0.15, -0.1) is 0 Å². The number of rotatable bonds is 3. The highest BCUT2D eigenvalue weighted by atomic mass is 32.2. The molecule has 0 saturated carbocycles. The van der Waals surface area contributed by atoms with Crippen molar-refractivity contribution in [1.82, 2.24) is 0 Å². The number of hydrogen-bond donors (Lipinski definition) is 0. The molecule has 0 N–H and O–H groups in total. The maximum Gasteiger partial charge on any atom is 0.0477 e. The molecule has 0 bridgehead atoms. The lowest BCUT2D eigenvalue weighted by Crippen LogP contribution is -2.14. The van der Waals surface area contributed by atoms with Gasteiger partial charge >= 0.3 is 0 Å². The van der Waals surface area contributed by atoms with Crippen LogP contribution in [0.5, 0.6) is 0 Å². The topological polar surface area (TPSA) is 0 Å². The van der Waals surface area contributed by atoms with Gasteiger partial charge in [0.15, 0.2) is 0 Å². The van der Waals surface area contributed by atoms with Crippen LogP contribution in [0.2, 0.25) is 0 Å². The fourth-order valence-corrected chi connectivity index (χ4v) is 1.10. The minimum Gasteiger partial charge on any atom is -0.165 e. The molecule has 0 aliphatic rings. The van der Waals surface area contributed by atoms with Gasteiger partial charge in [-0.1, -0.05) is 27.7 Å². The monoisotopic (exact) mass is 150 g/mol. The molecular weight excluding hydrogens is 135 g/mol. The Morgan fingerprint density at radius 3 is 1.67 bits per heavy atom. The summed E-state index contributed by atoms with van der Waals surface area (Å²) in [4.78, 5) is 0. The van der Waals surface area contributed by atoms with Crippen LogP contribution in [0.1, 0.15) is 27.7 Å². The molecule has 9 heavy (non-hydrogen) atoms. The Kier molecular flexibility index (Phi) is 4.28. The lowest BCUT2D eigenvalue weighted by Gasteiger charge is -2.18. The zero-order valence-electron chi connectivity index (χ0n) is 6.52. The average molecular weight is 150 g/mol. The van der Waals surface area contributed by atoms with Gasteiger partial charge in [-0.25, -0.2) is 0 Å². The predicted octanol–water partition coefficient (Wildman–Crippen LogP) is 3.28. The second-order valence-electron chi connectivity index (χ2n) is 2.90. The third-order valence-corrected chi connectivity index (χ3v) is 2.64. The lowest BCUT2D eigenvalue weighted by molar-refractivity contribution is 0.414. The van der Waals surface area contributed by atoms with Gasteiger partial charge in [0.1, 0.15) is 0 Å². The highest BCUT2D eigenvalue weighted by molar-refractivity contribution is 7.94. The van der Waals surface area contributed by atoms with Crippen LogP contribution in [0, 0.1) is 11.8 Å². The van der Waals surface area contributed by atoms with Gasteiger partial charge in [0.2, 0.25) is 0 Å². The minimum absolute atomic E-state index is 0.144. The molecule has 0 radical (unpaired) electrons. The van der Waals surface area contributed by atoms with Gasteiger partial charge in [0, 0.05) is 17.4 Å². The Morgan fingerprint density at radius 2 is 1.56 bits per heavy atom. The molecule has 0 fully saturated rings. The summed E-state index contributed by atoms with van der Waals surface area (Å²) < 4.78 is 11.9. The van der Waals surface area contributed by atoms with Crippen molar-refractivity contribution in [3.8, 4) is 0 Å². The summed E-state index contributed by atoms with van der Waals surface area (Å²) in [5, 5.41) is 0.144. The van der Waals surface area contributed by atoms with Crippen molar-refractivity contribution in [1.29, 1.82) is 0 Å². The van der Waals surface area contributed by atoms with Crippen molar-refractivity contribution in [2.45, 2.75) is 32.9 Å². The third kappa shape index (κ3) is 3.09. The Hall–Kier alpha value is 0.280. The Labute approximate surface area is 61.5 Å². The molecule has 0 saturated heterocycles. The first-order valence-corrected chi connectivity index (χ1v) is 4.15. The average Bonchev–Trinajstić information content (AvgIpc) is 1.84. The van der Waals surface area contributed by atoms with E-state index in [0.29, 0.717) is 24.0 Å². The number of hydrogen-bond acceptors (Lipinski definition) is 1. The SMILES string of the molecule is CC(C)C(C)C(C)SF. The zero-order valence-corrected chi connectivity index (χ0v) is 7.33. The standard InChI is InChI=1S/C7H15FS/c1-5(2)6(3)7(4)9-8/h5-7H,1-4H3. The van der Waals surface area contributed by atoms with Crippen LogP contribution in [0.4, 0.5) is 3.89 Å². The van der Waals surface area contributed by atoms with Crippen LogP contribution in [-0.2, 0) is 0 Å². The van der Waals surface area contributed by atoms with E-state index in [1.165, 1.54) is 0 Å². The zero-order chi connectivity index (χ0) is 7.44. The van der Waals surface area contributed by atoms with Crippen molar-refractivity contribution in [3.05, 3.63) is 0 Å². The lowest BCUT2D eigenvalue weighted by atomic mass is 9.95. The predicted molar refractivity (Wildman–Crippen MR) is 42.2 cm³/mol. The van der Waals surface area contributed by atoms with Crippen molar-refractivity contribution < 1.29 is 3.89 Å². The van der Waals surface area contributed by atoms with E-state index in [2.05, 4.69) is 20.8 Å². The fraction of sp³-hybridized carbons (Fsp3) is 1.00. The molecule has 0 aliphatic heterocycles. The molecule has 0 rings (SSSR count). The molecule has 0 amide bonds. The highest BCUT2D eigenvalue weighted by Crippen LogP contribution is 2.25. The van der Waals surface area contributed by atoms with Crippen LogP contribution in [-0.4, -0.2) is 5.25 Å². The molecular formula is C7H15FS. The first kappa shape index (κ1) is 9.28. The van der Waals surface area contributed by atoms with E-state index in [0.717, 1.165) is 0 Å². The van der Waals surface area contributed by atoms with Crippen molar-refractivity contribution in [2.24, 2.45) is 11.8 Å². The van der Waals surface area contributed by atoms with E-state index in [4.69, 9.17) is 0 Å². The van der Waals surface area contributed by atoms with Gasteiger partial charge in [-0.05, 0) is 11.8 Å². The Balaban J connectivity index is 3.58. The van der Waals surface area contributed by atoms with Crippen LogP contribution in [0.3, 0.4) is 0 Å². The molecule has 2 atom stereocenters. The van der Waals surface area contributed by atoms with Crippen molar-refractivity contribution in [2.75, 3.05) is 0 Å². The molecule has 0 nitrogen and oxygen atoms in total. The smallest absolute Gasteiger partial charge is 0.0477 e. The molecule has 2 unspecified atom stereocenters. The Morgan fingerprint density at radius 1 is 1.11 bits per heavy atom. The van der Waals surface area contributed by atoms with E-state index < -0.39 is 0 Å². The summed E-state index contributed by atoms with van der Waals surface area (Å²) in [5.74, 6) is 1.06. The van der Waals surface area contributed by atoms with Gasteiger partial charge in [-0.2, -0.15) is 3.89 Å². The first-order valence-electron chi connectivity index (χ1n) is 3.37. The summed E-state index contributed by atoms with van der Waals surface area (Å²) >= 11 is 0.461. The van der Waals surface area contributed by atoms with Crippen molar-refractivity contribution >= 4 is 12.1 Å². The number of halogens is 1. The van der Waals surface area contributed by atoms with Crippen molar-refractivity contribution in [3.63, 3.8) is 0 Å². The summed E-state index contributed by atoms with van der Waals surface area (Å²) in [6, 6.07) is 0. The van der Waals surface area contributed by atoms with Crippen LogP contribution < -0.4 is 0 Å². The fourth-order valence-electron chi connectivity index (χ4n) is 0.623. The van der Waals surface area contributed by atoms with E-state index in [1.807, 2.05) is 6.92 Å². The van der Waals surface area contributed by atoms with E-state index >= 15 is 0 Å². The van der Waals surface area contributed by atoms with E-state index in [-0.39, 0.29) is 5.25 Å². The van der Waals surface area contributed by atoms with Gasteiger partial charge < -0.3 is 0 Å². The summed E-state index contributed by atoms with van der Waals surface area (Å²) in [6.07, 6.45) is 0. The molecule has 0 heterocycles. The third-order valence-electron chi connectivity index (χ3n) is 1.93. The van der Waals surface area contributed by atoms with E-state index in [1.54, 1.807) is 0 Å². The van der Waals surface area contributed by atoms with Gasteiger partial charge in [0.05, 0.1) is 0 Å². The molecule has 0 aliphatic carbocycles. The summed E-state index contributed by atoms with van der Waals surface area (Å²) in [5.41, 5.74) is 0. The van der Waals surface area contributed by atoms with Crippen LogP contribution >= 0.6 is 12.1 Å². The second-order valence-corrected chi connectivity index (χ2v) is 3.82. The Bertz CT molecular complexity index is 73.3. The normalized spacial score (nSPS) is 18.0. The molecule has 56 valence electrons. The molecule has 0 spiro atoms. The maximum atomic E-state index is 11.9. The quantitative estimate of drug-likeness (QED) is 0.595. The van der Waals surface area contributed by atoms with Crippen LogP contribution in [0.15, 0.2) is 0 Å². The maximum absolute atomic E-state index is 11.9. The van der Waals surface area contributed by atoms with E-state index in [9.17, 15) is 3.89 Å². The summed E-state index contributed by atoms with van der Waals surface area (Å²) in [7, 11) is 0. The van der Waals surface area contributed by atoms with Crippen LogP contribution in [0.25, 0.3) is 0 Å². The molecule has 0 aromatic carbocycles. The van der Waals surface area contributed by atoms with Gasteiger partial charge in [0.25, 0.3) is 0 Å². The molecule has 2 heteroatoms. The second kappa shape index (κ2) is 4.15. The minimum atomic E-state index is 0.144. The summed E-state index contributed by atoms with van der Waals surface area (Å²) in [6.45, 7) is 8.26. The largest absolute Gasteiger partial charge is 0.165 e. The van der Waals surface area contributed by atoms with Gasteiger partial charge in [-0.3, -0.25) is 0 Å². The first-order chi connectivity index (χ1) is 4.09. The molecule has 0 aromatic heterocycles. The molecule has 0 aromatic rings.